The second-order valence-corrected chi connectivity index (χ2v) is 8.02. The third-order valence-corrected chi connectivity index (χ3v) is 5.71. The summed E-state index contributed by atoms with van der Waals surface area (Å²) in [5, 5.41) is 14.8. The van der Waals surface area contributed by atoms with Crippen LogP contribution in [-0.4, -0.2) is 52.8 Å². The van der Waals surface area contributed by atoms with Crippen molar-refractivity contribution in [3.8, 4) is 6.07 Å². The molecule has 0 amide bonds. The lowest BCUT2D eigenvalue weighted by atomic mass is 10.0. The highest BCUT2D eigenvalue weighted by Crippen LogP contribution is 2.32. The molecule has 31 heavy (non-hydrogen) atoms. The molecular weight excluding hydrogens is 392 g/mol. The van der Waals surface area contributed by atoms with Gasteiger partial charge in [-0.3, -0.25) is 9.88 Å². The van der Waals surface area contributed by atoms with Gasteiger partial charge in [-0.2, -0.15) is 10.2 Å². The maximum atomic E-state index is 9.71. The fourth-order valence-corrected chi connectivity index (χ4v) is 4.21. The van der Waals surface area contributed by atoms with E-state index in [1.807, 2.05) is 13.8 Å². The Morgan fingerprint density at radius 3 is 2.71 bits per heavy atom. The highest BCUT2D eigenvalue weighted by atomic mass is 16.5. The van der Waals surface area contributed by atoms with Gasteiger partial charge in [-0.25, -0.2) is 0 Å². The van der Waals surface area contributed by atoms with Crippen molar-refractivity contribution in [2.45, 2.75) is 40.3 Å². The Morgan fingerprint density at radius 2 is 2.00 bits per heavy atom. The summed E-state index contributed by atoms with van der Waals surface area (Å²) in [4.78, 5) is 13.6. The molecule has 3 heterocycles. The number of ether oxygens (including phenoxy) is 1. The van der Waals surface area contributed by atoms with Crippen LogP contribution in [-0.2, 0) is 11.3 Å². The lowest BCUT2D eigenvalue weighted by Crippen LogP contribution is -2.46. The van der Waals surface area contributed by atoms with Gasteiger partial charge in [-0.1, -0.05) is 16.8 Å². The van der Waals surface area contributed by atoms with Crippen LogP contribution in [0.1, 0.15) is 48.4 Å². The first kappa shape index (κ1) is 21.2. The summed E-state index contributed by atoms with van der Waals surface area (Å²) in [5.41, 5.74) is 4.88. The minimum Gasteiger partial charge on any atom is -0.371 e. The first-order valence-electron chi connectivity index (χ1n) is 10.7. The van der Waals surface area contributed by atoms with E-state index in [4.69, 9.17) is 9.26 Å². The molecule has 0 N–H and O–H groups in total. The average molecular weight is 421 g/mol. The SMILES string of the molecule is CCOC(C)c1noc(CN2CCN(c3c(C#N)cnc4c(C)cc(C)cc34)CC2)n1. The van der Waals surface area contributed by atoms with Gasteiger partial charge < -0.3 is 14.2 Å². The van der Waals surface area contributed by atoms with E-state index in [0.29, 0.717) is 30.4 Å². The number of nitriles is 1. The van der Waals surface area contributed by atoms with E-state index in [-0.39, 0.29) is 6.10 Å². The maximum absolute atomic E-state index is 9.71. The number of nitrogens with zero attached hydrogens (tertiary/aromatic N) is 6. The first-order chi connectivity index (χ1) is 15.0. The molecule has 1 unspecified atom stereocenters. The molecular formula is C23H28N6O2. The number of hydrogen-bond donors (Lipinski definition) is 0. The van der Waals surface area contributed by atoms with Gasteiger partial charge in [0, 0.05) is 44.4 Å². The molecule has 162 valence electrons. The molecule has 1 aliphatic rings. The molecule has 4 rings (SSSR count). The van der Waals surface area contributed by atoms with Crippen LogP contribution in [0.25, 0.3) is 10.9 Å². The van der Waals surface area contributed by atoms with Crippen molar-refractivity contribution in [2.24, 2.45) is 0 Å². The van der Waals surface area contributed by atoms with Crippen molar-refractivity contribution in [3.63, 3.8) is 0 Å². The van der Waals surface area contributed by atoms with Crippen LogP contribution in [0.3, 0.4) is 0 Å². The monoisotopic (exact) mass is 420 g/mol. The van der Waals surface area contributed by atoms with E-state index in [2.05, 4.69) is 57.0 Å². The summed E-state index contributed by atoms with van der Waals surface area (Å²) >= 11 is 0. The smallest absolute Gasteiger partial charge is 0.240 e. The first-order valence-corrected chi connectivity index (χ1v) is 10.7. The molecule has 0 spiro atoms. The van der Waals surface area contributed by atoms with Crippen molar-refractivity contribution in [3.05, 3.63) is 46.7 Å². The van der Waals surface area contributed by atoms with Crippen LogP contribution < -0.4 is 4.90 Å². The summed E-state index contributed by atoms with van der Waals surface area (Å²) in [5.74, 6) is 1.19. The number of fused-ring (bicyclic) bond motifs is 1. The molecule has 8 nitrogen and oxygen atoms in total. The number of piperazine rings is 1. The highest BCUT2D eigenvalue weighted by molar-refractivity contribution is 5.96. The second kappa shape index (κ2) is 9.00. The molecule has 1 aliphatic heterocycles. The van der Waals surface area contributed by atoms with Crippen molar-refractivity contribution in [1.29, 1.82) is 5.26 Å². The lowest BCUT2D eigenvalue weighted by molar-refractivity contribution is 0.0683. The quantitative estimate of drug-likeness (QED) is 0.598. The molecule has 0 saturated carbocycles. The van der Waals surface area contributed by atoms with Gasteiger partial charge in [0.15, 0.2) is 5.82 Å². The number of pyridine rings is 1. The second-order valence-electron chi connectivity index (χ2n) is 8.02. The summed E-state index contributed by atoms with van der Waals surface area (Å²) in [6.45, 7) is 12.6. The zero-order valence-corrected chi connectivity index (χ0v) is 18.6. The van der Waals surface area contributed by atoms with E-state index in [1.54, 1.807) is 6.20 Å². The van der Waals surface area contributed by atoms with Gasteiger partial charge in [-0.05, 0) is 39.3 Å². The third kappa shape index (κ3) is 4.38. The fourth-order valence-electron chi connectivity index (χ4n) is 4.21. The largest absolute Gasteiger partial charge is 0.371 e. The number of benzene rings is 1. The molecule has 1 fully saturated rings. The van der Waals surface area contributed by atoms with E-state index >= 15 is 0 Å². The molecule has 2 aromatic heterocycles. The normalized spacial score (nSPS) is 15.9. The molecule has 1 saturated heterocycles. The Morgan fingerprint density at radius 1 is 1.23 bits per heavy atom. The van der Waals surface area contributed by atoms with E-state index in [9.17, 15) is 5.26 Å². The number of aryl methyl sites for hydroxylation is 2. The third-order valence-electron chi connectivity index (χ3n) is 5.71. The van der Waals surface area contributed by atoms with Crippen molar-refractivity contribution < 1.29 is 9.26 Å². The number of aromatic nitrogens is 3. The zero-order valence-electron chi connectivity index (χ0n) is 18.6. The summed E-state index contributed by atoms with van der Waals surface area (Å²) in [7, 11) is 0. The van der Waals surface area contributed by atoms with Gasteiger partial charge in [0.2, 0.25) is 5.89 Å². The van der Waals surface area contributed by atoms with Gasteiger partial charge in [0.1, 0.15) is 12.2 Å². The van der Waals surface area contributed by atoms with Crippen molar-refractivity contribution >= 4 is 16.6 Å². The Labute approximate surface area is 182 Å². The topological polar surface area (TPSA) is 91.3 Å². The fraction of sp³-hybridized carbons (Fsp3) is 0.478. The molecule has 0 aliphatic carbocycles. The molecule has 1 atom stereocenters. The van der Waals surface area contributed by atoms with Gasteiger partial charge in [0.05, 0.1) is 23.3 Å². The molecule has 3 aromatic rings. The van der Waals surface area contributed by atoms with E-state index in [0.717, 1.165) is 48.3 Å². The van der Waals surface area contributed by atoms with Crippen molar-refractivity contribution in [2.75, 3.05) is 37.7 Å². The van der Waals surface area contributed by atoms with Crippen LogP contribution in [0.4, 0.5) is 5.69 Å². The Kier molecular flexibility index (Phi) is 6.16. The van der Waals surface area contributed by atoms with Gasteiger partial charge in [0.25, 0.3) is 0 Å². The summed E-state index contributed by atoms with van der Waals surface area (Å²) in [6, 6.07) is 6.61. The standard InChI is InChI=1S/C23H28N6O2/c1-5-30-17(4)23-26-20(31-27-23)14-28-6-8-29(9-7-28)22-18(12-24)13-25-21-16(3)10-15(2)11-19(21)22/h10-11,13,17H,5-9,14H2,1-4H3. The Bertz CT molecular complexity index is 1110. The van der Waals surface area contributed by atoms with Gasteiger partial charge in [-0.15, -0.1) is 0 Å². The predicted molar refractivity (Wildman–Crippen MR) is 118 cm³/mol. The molecule has 1 aromatic carbocycles. The maximum Gasteiger partial charge on any atom is 0.240 e. The Balaban J connectivity index is 1.49. The number of rotatable bonds is 6. The van der Waals surface area contributed by atoms with Gasteiger partial charge >= 0.3 is 0 Å². The minimum atomic E-state index is -0.171. The summed E-state index contributed by atoms with van der Waals surface area (Å²) in [6.07, 6.45) is 1.53. The number of anilines is 1. The average Bonchev–Trinajstić information content (AvgIpc) is 3.22. The Hall–Kier alpha value is -3.02. The summed E-state index contributed by atoms with van der Waals surface area (Å²) < 4.78 is 11.0. The zero-order chi connectivity index (χ0) is 22.0. The van der Waals surface area contributed by atoms with Crippen LogP contribution in [0.15, 0.2) is 22.9 Å². The van der Waals surface area contributed by atoms with Crippen LogP contribution >= 0.6 is 0 Å². The van der Waals surface area contributed by atoms with Crippen LogP contribution in [0, 0.1) is 25.2 Å². The molecule has 8 heteroatoms. The van der Waals surface area contributed by atoms with E-state index in [1.165, 1.54) is 5.56 Å². The predicted octanol–water partition coefficient (Wildman–Crippen LogP) is 3.53. The van der Waals surface area contributed by atoms with Crippen LogP contribution in [0.5, 0.6) is 0 Å². The van der Waals surface area contributed by atoms with Crippen molar-refractivity contribution in [1.82, 2.24) is 20.0 Å². The number of hydrogen-bond acceptors (Lipinski definition) is 8. The molecule has 0 bridgehead atoms. The van der Waals surface area contributed by atoms with E-state index < -0.39 is 0 Å². The lowest BCUT2D eigenvalue weighted by Gasteiger charge is -2.36. The van der Waals surface area contributed by atoms with Crippen LogP contribution in [0.2, 0.25) is 0 Å². The highest BCUT2D eigenvalue weighted by Gasteiger charge is 2.24. The molecule has 0 radical (unpaired) electrons. The minimum absolute atomic E-state index is 0.171.